The maximum Gasteiger partial charge on any atom is 0.209 e. The number of para-hydroxylation sites is 2. The van der Waals surface area contributed by atoms with Gasteiger partial charge in [0.05, 0.1) is 5.41 Å². The largest absolute Gasteiger partial charge is 0.457 e. The number of ether oxygens (including phenoxy) is 1. The number of benzene rings is 3. The number of anilines is 1. The molecule has 1 fully saturated rings. The molecule has 2 unspecified atom stereocenters. The fourth-order valence-electron chi connectivity index (χ4n) is 11.8. The third kappa shape index (κ3) is 11.2. The molecule has 346 valence electrons. The van der Waals surface area contributed by atoms with E-state index in [1.807, 2.05) is 0 Å². The molecule has 64 heavy (non-hydrogen) atoms. The Hall–Kier alpha value is -3.89. The number of allylic oxidation sites excluding steroid dienone is 4. The standard InChI is InChI=1S/C60H86N3O/c1-8-11-14-17-18-23-43-61-44-27-34-53(61)47-35-39-50(40-36-47)64-58-48(37-41-56-59(4,5)51-30-19-21-32-54(51)62(56)45-24-15-12-9-2)28-26-29-49(58)38-42-57-60(6,7)52-31-20-22-33-55(52)63(57)46-25-16-13-10-3/h19-22,30-33,35-41,53,57H,8-18,23-29,34,42-46H2,1-7H3/q+1/b41-37+,49-38?. The number of nitrogens with zero attached hydrogens (tertiary/aromatic N) is 3. The Morgan fingerprint density at radius 2 is 1.33 bits per heavy atom. The van der Waals surface area contributed by atoms with Crippen molar-refractivity contribution in [3.63, 3.8) is 0 Å². The highest BCUT2D eigenvalue weighted by Crippen LogP contribution is 2.47. The maximum atomic E-state index is 7.24. The zero-order valence-electron chi connectivity index (χ0n) is 41.5. The fourth-order valence-corrected chi connectivity index (χ4v) is 11.8. The summed E-state index contributed by atoms with van der Waals surface area (Å²) in [6.45, 7) is 21.4. The monoisotopic (exact) mass is 865 g/mol. The minimum atomic E-state index is -0.0740. The predicted molar refractivity (Wildman–Crippen MR) is 275 cm³/mol. The van der Waals surface area contributed by atoms with Gasteiger partial charge in [-0.3, -0.25) is 4.90 Å². The molecule has 7 rings (SSSR count). The number of hydrogen-bond acceptors (Lipinski definition) is 3. The van der Waals surface area contributed by atoms with Gasteiger partial charge in [0.25, 0.3) is 0 Å². The lowest BCUT2D eigenvalue weighted by molar-refractivity contribution is -0.438. The summed E-state index contributed by atoms with van der Waals surface area (Å²) in [7, 11) is 0. The molecule has 0 amide bonds. The first-order chi connectivity index (χ1) is 31.2. The van der Waals surface area contributed by atoms with Crippen molar-refractivity contribution in [3.05, 3.63) is 125 Å². The van der Waals surface area contributed by atoms with E-state index in [0.29, 0.717) is 12.1 Å². The van der Waals surface area contributed by atoms with Crippen LogP contribution in [0.3, 0.4) is 0 Å². The van der Waals surface area contributed by atoms with Gasteiger partial charge in [-0.05, 0) is 131 Å². The average Bonchev–Trinajstić information content (AvgIpc) is 3.92. The van der Waals surface area contributed by atoms with E-state index in [9.17, 15) is 0 Å². The Morgan fingerprint density at radius 3 is 2.09 bits per heavy atom. The second kappa shape index (κ2) is 23.0. The molecule has 3 aromatic carbocycles. The third-order valence-electron chi connectivity index (χ3n) is 15.6. The highest BCUT2D eigenvalue weighted by atomic mass is 16.5. The summed E-state index contributed by atoms with van der Waals surface area (Å²) < 4.78 is 9.88. The van der Waals surface area contributed by atoms with Gasteiger partial charge < -0.3 is 9.64 Å². The Bertz CT molecular complexity index is 2080. The van der Waals surface area contributed by atoms with E-state index in [0.717, 1.165) is 50.3 Å². The average molecular weight is 865 g/mol. The first kappa shape index (κ1) is 48.1. The first-order valence-electron chi connectivity index (χ1n) is 26.4. The molecule has 4 heteroatoms. The minimum absolute atomic E-state index is 0.0554. The Labute approximate surface area is 391 Å². The van der Waals surface area contributed by atoms with E-state index in [2.05, 4.69) is 154 Å². The van der Waals surface area contributed by atoms with Crippen LogP contribution in [0.2, 0.25) is 0 Å². The number of likely N-dealkylation sites (tertiary alicyclic amines) is 1. The van der Waals surface area contributed by atoms with E-state index >= 15 is 0 Å². The summed E-state index contributed by atoms with van der Waals surface area (Å²) in [5, 5.41) is 0. The normalized spacial score (nSPS) is 21.2. The topological polar surface area (TPSA) is 18.7 Å². The van der Waals surface area contributed by atoms with Crippen LogP contribution in [0.5, 0.6) is 5.75 Å². The van der Waals surface area contributed by atoms with Crippen LogP contribution in [0, 0.1) is 0 Å². The molecule has 1 saturated heterocycles. The summed E-state index contributed by atoms with van der Waals surface area (Å²) in [5.74, 6) is 2.05. The third-order valence-corrected chi connectivity index (χ3v) is 15.6. The summed E-state index contributed by atoms with van der Waals surface area (Å²) in [6, 6.07) is 28.6. The Kier molecular flexibility index (Phi) is 17.3. The van der Waals surface area contributed by atoms with Crippen LogP contribution in [-0.4, -0.2) is 47.4 Å². The quantitative estimate of drug-likeness (QED) is 0.0660. The van der Waals surface area contributed by atoms with Gasteiger partial charge in [0.15, 0.2) is 5.71 Å². The second-order valence-electron chi connectivity index (χ2n) is 20.9. The molecule has 0 aromatic heterocycles. The molecule has 1 aliphatic carbocycles. The van der Waals surface area contributed by atoms with Crippen molar-refractivity contribution >= 4 is 17.1 Å². The van der Waals surface area contributed by atoms with Crippen molar-refractivity contribution in [3.8, 4) is 5.75 Å². The summed E-state index contributed by atoms with van der Waals surface area (Å²) >= 11 is 0. The predicted octanol–water partition coefficient (Wildman–Crippen LogP) is 16.3. The zero-order chi connectivity index (χ0) is 44.9. The van der Waals surface area contributed by atoms with Crippen LogP contribution in [-0.2, 0) is 10.8 Å². The molecule has 0 spiro atoms. The molecule has 0 N–H and O–H groups in total. The summed E-state index contributed by atoms with van der Waals surface area (Å²) in [5.41, 5.74) is 11.3. The summed E-state index contributed by atoms with van der Waals surface area (Å²) in [4.78, 5) is 5.52. The maximum absolute atomic E-state index is 7.24. The van der Waals surface area contributed by atoms with Crippen LogP contribution in [0.1, 0.15) is 200 Å². The number of unbranched alkanes of at least 4 members (excludes halogenated alkanes) is 11. The van der Waals surface area contributed by atoms with Crippen LogP contribution < -0.4 is 9.64 Å². The van der Waals surface area contributed by atoms with Gasteiger partial charge >= 0.3 is 0 Å². The van der Waals surface area contributed by atoms with Crippen LogP contribution in [0.4, 0.5) is 11.4 Å². The van der Waals surface area contributed by atoms with Crippen molar-refractivity contribution < 1.29 is 9.31 Å². The fraction of sp³-hybridized carbons (Fsp3) is 0.583. The lowest BCUT2D eigenvalue weighted by Gasteiger charge is -2.34. The first-order valence-corrected chi connectivity index (χ1v) is 26.4. The van der Waals surface area contributed by atoms with Crippen LogP contribution in [0.25, 0.3) is 0 Å². The molecule has 0 radical (unpaired) electrons. The van der Waals surface area contributed by atoms with Gasteiger partial charge in [0, 0.05) is 53.9 Å². The molecule has 0 saturated carbocycles. The van der Waals surface area contributed by atoms with Gasteiger partial charge in [0.2, 0.25) is 5.69 Å². The second-order valence-corrected chi connectivity index (χ2v) is 20.9. The van der Waals surface area contributed by atoms with E-state index in [4.69, 9.17) is 4.74 Å². The summed E-state index contributed by atoms with van der Waals surface area (Å²) in [6.07, 6.45) is 32.6. The number of hydrogen-bond donors (Lipinski definition) is 0. The van der Waals surface area contributed by atoms with Crippen LogP contribution in [0.15, 0.2) is 108 Å². The Balaban J connectivity index is 1.19. The van der Waals surface area contributed by atoms with Crippen LogP contribution >= 0.6 is 0 Å². The van der Waals surface area contributed by atoms with E-state index in [1.165, 1.54) is 161 Å². The van der Waals surface area contributed by atoms with Gasteiger partial charge in [-0.15, -0.1) is 0 Å². The highest BCUT2D eigenvalue weighted by Gasteiger charge is 2.45. The molecule has 4 aliphatic rings. The van der Waals surface area contributed by atoms with E-state index < -0.39 is 0 Å². The Morgan fingerprint density at radius 1 is 0.672 bits per heavy atom. The van der Waals surface area contributed by atoms with Gasteiger partial charge in [-0.25, -0.2) is 0 Å². The van der Waals surface area contributed by atoms with E-state index in [1.54, 1.807) is 0 Å². The molecule has 3 aromatic rings. The molecular weight excluding hydrogens is 779 g/mol. The molecule has 3 heterocycles. The molecular formula is C60H86N3O+. The molecule has 4 nitrogen and oxygen atoms in total. The number of fused-ring (bicyclic) bond motifs is 2. The zero-order valence-corrected chi connectivity index (χ0v) is 41.5. The van der Waals surface area contributed by atoms with Crippen molar-refractivity contribution in [1.29, 1.82) is 0 Å². The lowest BCUT2D eigenvalue weighted by Crippen LogP contribution is -2.41. The SMILES string of the molecule is CCCCCCCCN1CCCC1c1ccc(OC2=C(/C=C/C3=[N+](CCCCCC)c4ccccc4C3(C)C)CCCC2=CCC2N(CCCCCC)c3ccccc3C2(C)C)cc1. The molecule has 0 bridgehead atoms. The van der Waals surface area contributed by atoms with Gasteiger partial charge in [0.1, 0.15) is 18.1 Å². The molecule has 2 atom stereocenters. The van der Waals surface area contributed by atoms with Gasteiger partial charge in [-0.1, -0.05) is 153 Å². The van der Waals surface area contributed by atoms with Gasteiger partial charge in [-0.2, -0.15) is 4.58 Å². The highest BCUT2D eigenvalue weighted by molar-refractivity contribution is 6.03. The smallest absolute Gasteiger partial charge is 0.209 e. The van der Waals surface area contributed by atoms with Crippen molar-refractivity contribution in [2.75, 3.05) is 31.1 Å². The molecule has 3 aliphatic heterocycles. The van der Waals surface area contributed by atoms with Crippen molar-refractivity contribution in [2.45, 2.75) is 200 Å². The number of rotatable bonds is 24. The van der Waals surface area contributed by atoms with Crippen molar-refractivity contribution in [1.82, 2.24) is 4.90 Å². The lowest BCUT2D eigenvalue weighted by atomic mass is 9.78. The van der Waals surface area contributed by atoms with Crippen molar-refractivity contribution in [2.24, 2.45) is 0 Å². The minimum Gasteiger partial charge on any atom is -0.457 e. The van der Waals surface area contributed by atoms with E-state index in [-0.39, 0.29) is 10.8 Å².